The van der Waals surface area contributed by atoms with Crippen molar-refractivity contribution in [3.63, 3.8) is 0 Å². The zero-order valence-electron chi connectivity index (χ0n) is 13.9. The van der Waals surface area contributed by atoms with Gasteiger partial charge in [-0.25, -0.2) is 14.2 Å². The van der Waals surface area contributed by atoms with Crippen LogP contribution in [0.25, 0.3) is 0 Å². The van der Waals surface area contributed by atoms with Gasteiger partial charge in [0.2, 0.25) is 0 Å². The monoisotopic (exact) mass is 377 g/mol. The fraction of sp³-hybridized carbons (Fsp3) is 1.00. The van der Waals surface area contributed by atoms with E-state index in [4.69, 9.17) is 18.1 Å². The van der Waals surface area contributed by atoms with Gasteiger partial charge in [-0.2, -0.15) is 0 Å². The third kappa shape index (κ3) is 10.4. The number of rotatable bonds is 15. The summed E-state index contributed by atoms with van der Waals surface area (Å²) < 4.78 is 45.6. The molecule has 0 spiro atoms. The maximum absolute atomic E-state index is 12.5. The number of hydrogen-bond donors (Lipinski definition) is 1. The van der Waals surface area contributed by atoms with Gasteiger partial charge >= 0.3 is 14.5 Å². The Balaban J connectivity index is 4.30. The van der Waals surface area contributed by atoms with Crippen molar-refractivity contribution in [1.29, 1.82) is 0 Å². The molecule has 0 aliphatic rings. The van der Waals surface area contributed by atoms with E-state index in [1.54, 1.807) is 13.8 Å². The van der Waals surface area contributed by atoms with Crippen LogP contribution in [0.1, 0.15) is 40.5 Å². The maximum Gasteiger partial charge on any atom is 0.405 e. The Kier molecular flexibility index (Phi) is 13.3. The molecule has 0 rings (SSSR count). The van der Waals surface area contributed by atoms with Crippen molar-refractivity contribution < 1.29 is 27.2 Å². The molecule has 10 heteroatoms. The molecule has 0 amide bonds. The highest BCUT2D eigenvalue weighted by Gasteiger charge is 2.27. The SMILES string of the molecule is CCCOP(=O)(OCCC)SCCNP(=O)(OCC)OCC. The lowest BCUT2D eigenvalue weighted by Gasteiger charge is -2.19. The van der Waals surface area contributed by atoms with E-state index in [0.717, 1.165) is 24.2 Å². The standard InChI is InChI=1S/C12H29NO6P2S/c1-5-10-18-21(15,19-11-6-2)22-12-9-13-20(14,16-7-3)17-8-4/h5-12H2,1-4H3,(H,13,14). The van der Waals surface area contributed by atoms with Crippen LogP contribution in [0.15, 0.2) is 0 Å². The highest BCUT2D eigenvalue weighted by atomic mass is 32.7. The molecule has 0 atom stereocenters. The maximum atomic E-state index is 12.5. The largest absolute Gasteiger partial charge is 0.405 e. The lowest BCUT2D eigenvalue weighted by molar-refractivity contribution is 0.211. The molecule has 0 bridgehead atoms. The highest BCUT2D eigenvalue weighted by molar-refractivity contribution is 8.55. The second-order valence-electron chi connectivity index (χ2n) is 4.19. The molecule has 0 aromatic heterocycles. The van der Waals surface area contributed by atoms with Gasteiger partial charge < -0.3 is 9.05 Å². The Morgan fingerprint density at radius 3 is 1.77 bits per heavy atom. The molecule has 0 fully saturated rings. The van der Waals surface area contributed by atoms with E-state index >= 15 is 0 Å². The van der Waals surface area contributed by atoms with Gasteiger partial charge in [0.15, 0.2) is 0 Å². The van der Waals surface area contributed by atoms with E-state index in [1.165, 1.54) is 0 Å². The van der Waals surface area contributed by atoms with Crippen LogP contribution in [0.5, 0.6) is 0 Å². The van der Waals surface area contributed by atoms with Gasteiger partial charge in [0.05, 0.1) is 26.4 Å². The van der Waals surface area contributed by atoms with E-state index in [-0.39, 0.29) is 13.2 Å². The predicted molar refractivity (Wildman–Crippen MR) is 91.4 cm³/mol. The third-order valence-corrected chi connectivity index (χ3v) is 7.80. The quantitative estimate of drug-likeness (QED) is 0.331. The van der Waals surface area contributed by atoms with Gasteiger partial charge in [-0.3, -0.25) is 9.05 Å². The average Bonchev–Trinajstić information content (AvgIpc) is 2.48. The second kappa shape index (κ2) is 13.0. The molecule has 0 radical (unpaired) electrons. The smallest absolute Gasteiger partial charge is 0.301 e. The highest BCUT2D eigenvalue weighted by Crippen LogP contribution is 2.60. The summed E-state index contributed by atoms with van der Waals surface area (Å²) in [6, 6.07) is 0. The average molecular weight is 377 g/mol. The lowest BCUT2D eigenvalue weighted by Crippen LogP contribution is -2.18. The van der Waals surface area contributed by atoms with Crippen molar-refractivity contribution in [2.24, 2.45) is 0 Å². The van der Waals surface area contributed by atoms with E-state index in [0.29, 0.717) is 25.5 Å². The summed E-state index contributed by atoms with van der Waals surface area (Å²) in [5.41, 5.74) is 0. The Morgan fingerprint density at radius 2 is 1.36 bits per heavy atom. The van der Waals surface area contributed by atoms with Crippen molar-refractivity contribution in [2.75, 3.05) is 38.7 Å². The topological polar surface area (TPSA) is 83.1 Å². The van der Waals surface area contributed by atoms with Crippen LogP contribution >= 0.6 is 25.9 Å². The summed E-state index contributed by atoms with van der Waals surface area (Å²) in [4.78, 5) is 0. The summed E-state index contributed by atoms with van der Waals surface area (Å²) >= 11 is 1.10. The molecule has 0 aliphatic carbocycles. The van der Waals surface area contributed by atoms with Gasteiger partial charge in [0.25, 0.3) is 0 Å². The summed E-state index contributed by atoms with van der Waals surface area (Å²) in [6.07, 6.45) is 1.53. The first-order valence-corrected chi connectivity index (χ1v) is 12.3. The predicted octanol–water partition coefficient (Wildman–Crippen LogP) is 4.45. The third-order valence-electron chi connectivity index (χ3n) is 2.16. The molecular weight excluding hydrogens is 348 g/mol. The van der Waals surface area contributed by atoms with E-state index in [2.05, 4.69) is 5.09 Å². The first-order chi connectivity index (χ1) is 10.4. The van der Waals surface area contributed by atoms with E-state index < -0.39 is 14.5 Å². The van der Waals surface area contributed by atoms with Crippen molar-refractivity contribution in [1.82, 2.24) is 5.09 Å². The minimum Gasteiger partial charge on any atom is -0.301 e. The molecule has 0 aromatic rings. The molecule has 1 N–H and O–H groups in total. The molecule has 0 aromatic carbocycles. The van der Waals surface area contributed by atoms with Gasteiger partial charge in [0.1, 0.15) is 0 Å². The van der Waals surface area contributed by atoms with Crippen molar-refractivity contribution in [2.45, 2.75) is 40.5 Å². The van der Waals surface area contributed by atoms with Crippen LogP contribution < -0.4 is 5.09 Å². The van der Waals surface area contributed by atoms with Crippen molar-refractivity contribution in [3.8, 4) is 0 Å². The molecule has 22 heavy (non-hydrogen) atoms. The molecular formula is C12H29NO6P2S. The second-order valence-corrected chi connectivity index (χ2v) is 10.2. The molecule has 7 nitrogen and oxygen atoms in total. The number of nitrogens with one attached hydrogen (secondary N) is 1. The van der Waals surface area contributed by atoms with Gasteiger partial charge in [-0.05, 0) is 38.1 Å². The Labute approximate surface area is 138 Å². The lowest BCUT2D eigenvalue weighted by atomic mass is 10.5. The summed E-state index contributed by atoms with van der Waals surface area (Å²) in [5, 5.41) is 2.74. The molecule has 0 heterocycles. The fourth-order valence-corrected chi connectivity index (χ4v) is 6.09. The Bertz CT molecular complexity index is 350. The molecule has 0 saturated heterocycles. The first-order valence-electron chi connectivity index (χ1n) is 7.63. The minimum absolute atomic E-state index is 0.287. The molecule has 0 unspecified atom stereocenters. The van der Waals surface area contributed by atoms with Crippen molar-refractivity contribution in [3.05, 3.63) is 0 Å². The van der Waals surface area contributed by atoms with Gasteiger partial charge in [-0.15, -0.1) is 0 Å². The summed E-state index contributed by atoms with van der Waals surface area (Å²) in [6.45, 7) is 5.87. The van der Waals surface area contributed by atoms with Crippen LogP contribution in [-0.2, 0) is 27.2 Å². The number of hydrogen-bond acceptors (Lipinski definition) is 7. The Morgan fingerprint density at radius 1 is 0.864 bits per heavy atom. The van der Waals surface area contributed by atoms with Crippen LogP contribution in [0.3, 0.4) is 0 Å². The molecule has 0 aliphatic heterocycles. The van der Waals surface area contributed by atoms with Crippen molar-refractivity contribution >= 4 is 25.9 Å². The van der Waals surface area contributed by atoms with Crippen LogP contribution in [0.2, 0.25) is 0 Å². The normalized spacial score (nSPS) is 12.7. The summed E-state index contributed by atoms with van der Waals surface area (Å²) in [7, 11) is -3.28. The zero-order chi connectivity index (χ0) is 16.9. The van der Waals surface area contributed by atoms with Crippen LogP contribution in [0, 0.1) is 0 Å². The molecule has 0 saturated carbocycles. The fourth-order valence-electron chi connectivity index (χ4n) is 1.33. The minimum atomic E-state index is -3.28. The summed E-state index contributed by atoms with van der Waals surface area (Å²) in [5.74, 6) is 0.412. The molecule has 134 valence electrons. The zero-order valence-corrected chi connectivity index (χ0v) is 16.5. The van der Waals surface area contributed by atoms with Gasteiger partial charge in [-0.1, -0.05) is 13.8 Å². The van der Waals surface area contributed by atoms with Crippen LogP contribution in [-0.4, -0.2) is 38.7 Å². The van der Waals surface area contributed by atoms with E-state index in [1.807, 2.05) is 13.8 Å². The van der Waals surface area contributed by atoms with Gasteiger partial charge in [0, 0.05) is 12.3 Å². The van der Waals surface area contributed by atoms with Crippen LogP contribution in [0.4, 0.5) is 0 Å². The first kappa shape index (κ1) is 22.6. The van der Waals surface area contributed by atoms with E-state index in [9.17, 15) is 9.13 Å². The Hall–Kier alpha value is 0.610.